The van der Waals surface area contributed by atoms with Crippen LogP contribution in [0, 0.1) is 5.41 Å². The number of fused-ring (bicyclic) bond motifs is 1. The van der Waals surface area contributed by atoms with E-state index in [1.807, 2.05) is 24.3 Å². The molecule has 0 spiro atoms. The van der Waals surface area contributed by atoms with Crippen LogP contribution in [-0.2, 0) is 4.74 Å². The van der Waals surface area contributed by atoms with Crippen LogP contribution < -0.4 is 16.0 Å². The van der Waals surface area contributed by atoms with Gasteiger partial charge in [0.2, 0.25) is 0 Å². The van der Waals surface area contributed by atoms with Crippen LogP contribution in [0.25, 0.3) is 0 Å². The van der Waals surface area contributed by atoms with Crippen molar-refractivity contribution in [2.24, 2.45) is 0 Å². The highest BCUT2D eigenvalue weighted by Gasteiger charge is 2.28. The van der Waals surface area contributed by atoms with Crippen molar-refractivity contribution in [1.29, 1.82) is 5.41 Å². The zero-order valence-electron chi connectivity index (χ0n) is 14.5. The van der Waals surface area contributed by atoms with Gasteiger partial charge in [-0.1, -0.05) is 18.2 Å². The Hall–Kier alpha value is -2.93. The van der Waals surface area contributed by atoms with Gasteiger partial charge in [-0.15, -0.1) is 0 Å². The Morgan fingerprint density at radius 3 is 2.96 bits per heavy atom. The van der Waals surface area contributed by atoms with Gasteiger partial charge in [0.15, 0.2) is 0 Å². The summed E-state index contributed by atoms with van der Waals surface area (Å²) in [5, 5.41) is 18.3. The van der Waals surface area contributed by atoms with Crippen LogP contribution in [-0.4, -0.2) is 35.9 Å². The summed E-state index contributed by atoms with van der Waals surface area (Å²) in [7, 11) is 0. The number of para-hydroxylation sites is 1. The van der Waals surface area contributed by atoms with Gasteiger partial charge in [-0.2, -0.15) is 0 Å². The number of carbonyl (C=O) groups excluding carboxylic acids is 1. The molecule has 2 aliphatic rings. The molecule has 0 bridgehead atoms. The number of carbonyl (C=O) groups is 1. The Kier molecular flexibility index (Phi) is 4.30. The second kappa shape index (κ2) is 6.76. The predicted molar refractivity (Wildman–Crippen MR) is 100 cm³/mol. The first-order valence-electron chi connectivity index (χ1n) is 8.75. The number of rotatable bonds is 4. The van der Waals surface area contributed by atoms with Crippen LogP contribution in [0.15, 0.2) is 36.5 Å². The summed E-state index contributed by atoms with van der Waals surface area (Å²) in [6.07, 6.45) is 1.69. The number of anilines is 2. The summed E-state index contributed by atoms with van der Waals surface area (Å²) in [6, 6.07) is 9.99. The van der Waals surface area contributed by atoms with Crippen LogP contribution in [0.3, 0.4) is 0 Å². The number of nitrogens with one attached hydrogen (secondary N) is 4. The normalized spacial score (nSPS) is 21.5. The Morgan fingerprint density at radius 1 is 1.31 bits per heavy atom. The molecule has 0 saturated carbocycles. The average molecular weight is 351 g/mol. The summed E-state index contributed by atoms with van der Waals surface area (Å²) in [6.45, 7) is 3.72. The van der Waals surface area contributed by atoms with Crippen molar-refractivity contribution in [2.45, 2.75) is 25.5 Å². The number of aromatic nitrogens is 1. The van der Waals surface area contributed by atoms with Crippen LogP contribution in [0.1, 0.15) is 36.1 Å². The molecule has 3 heterocycles. The molecule has 2 aliphatic heterocycles. The third kappa shape index (κ3) is 3.01. The van der Waals surface area contributed by atoms with E-state index in [-0.39, 0.29) is 0 Å². The van der Waals surface area contributed by atoms with Crippen molar-refractivity contribution in [3.63, 3.8) is 0 Å². The van der Waals surface area contributed by atoms with E-state index in [1.54, 1.807) is 19.2 Å². The molecule has 2 unspecified atom stereocenters. The first-order chi connectivity index (χ1) is 12.6. The summed E-state index contributed by atoms with van der Waals surface area (Å²) >= 11 is 0. The van der Waals surface area contributed by atoms with Crippen molar-refractivity contribution in [3.05, 3.63) is 53.2 Å². The molecule has 1 aromatic heterocycles. The molecule has 26 heavy (non-hydrogen) atoms. The van der Waals surface area contributed by atoms with Crippen molar-refractivity contribution in [2.75, 3.05) is 23.7 Å². The lowest BCUT2D eigenvalue weighted by Crippen LogP contribution is -2.27. The summed E-state index contributed by atoms with van der Waals surface area (Å²) in [5.74, 6) is 0.460. The minimum atomic E-state index is -0.517. The largest absolute Gasteiger partial charge is 0.441 e. The fraction of sp³-hybridized carbons (Fsp3) is 0.316. The second-order valence-corrected chi connectivity index (χ2v) is 6.55. The highest BCUT2D eigenvalue weighted by Crippen LogP contribution is 2.33. The van der Waals surface area contributed by atoms with Crippen LogP contribution in [0.2, 0.25) is 0 Å². The van der Waals surface area contributed by atoms with Crippen LogP contribution >= 0.6 is 0 Å². The highest BCUT2D eigenvalue weighted by molar-refractivity contribution is 6.15. The summed E-state index contributed by atoms with van der Waals surface area (Å²) in [4.78, 5) is 15.8. The minimum absolute atomic E-state index is 0.358. The molecule has 7 nitrogen and oxygen atoms in total. The molecule has 1 saturated heterocycles. The Balaban J connectivity index is 1.71. The van der Waals surface area contributed by atoms with Gasteiger partial charge in [0.05, 0.1) is 5.71 Å². The lowest BCUT2D eigenvalue weighted by Gasteiger charge is -2.25. The van der Waals surface area contributed by atoms with E-state index in [0.717, 1.165) is 36.3 Å². The molecule has 134 valence electrons. The average Bonchev–Trinajstić information content (AvgIpc) is 3.14. The van der Waals surface area contributed by atoms with Gasteiger partial charge in [-0.3, -0.25) is 10.7 Å². The van der Waals surface area contributed by atoms with Crippen molar-refractivity contribution in [3.8, 4) is 0 Å². The van der Waals surface area contributed by atoms with Gasteiger partial charge < -0.3 is 15.4 Å². The molecule has 4 rings (SSSR count). The van der Waals surface area contributed by atoms with Gasteiger partial charge in [-0.05, 0) is 32.0 Å². The molecule has 4 N–H and O–H groups in total. The number of nitrogens with zero attached hydrogens (tertiary/aromatic N) is 1. The SMILES string of the molecule is CC1OC(=O)Nc2nccc(C(=N)c3ccccc3NC3CCNC3)c21. The van der Waals surface area contributed by atoms with E-state index >= 15 is 0 Å². The van der Waals surface area contributed by atoms with E-state index in [0.29, 0.717) is 23.1 Å². The number of hydrogen-bond acceptors (Lipinski definition) is 6. The van der Waals surface area contributed by atoms with Crippen molar-refractivity contribution < 1.29 is 9.53 Å². The van der Waals surface area contributed by atoms with E-state index in [2.05, 4.69) is 20.9 Å². The lowest BCUT2D eigenvalue weighted by atomic mass is 9.94. The maximum absolute atomic E-state index is 11.6. The van der Waals surface area contributed by atoms with Crippen LogP contribution in [0.5, 0.6) is 0 Å². The molecular formula is C19H21N5O2. The predicted octanol–water partition coefficient (Wildman–Crippen LogP) is 2.89. The van der Waals surface area contributed by atoms with E-state index in [4.69, 9.17) is 10.1 Å². The number of cyclic esters (lactones) is 1. The third-order valence-corrected chi connectivity index (χ3v) is 4.79. The topological polar surface area (TPSA) is 99.1 Å². The van der Waals surface area contributed by atoms with Crippen molar-refractivity contribution in [1.82, 2.24) is 10.3 Å². The van der Waals surface area contributed by atoms with Gasteiger partial charge in [0.25, 0.3) is 0 Å². The first kappa shape index (κ1) is 16.5. The smallest absolute Gasteiger partial charge is 0.413 e. The van der Waals surface area contributed by atoms with Crippen LogP contribution in [0.4, 0.5) is 16.3 Å². The minimum Gasteiger partial charge on any atom is -0.441 e. The zero-order chi connectivity index (χ0) is 18.1. The molecule has 1 aromatic carbocycles. The lowest BCUT2D eigenvalue weighted by molar-refractivity contribution is 0.116. The molecule has 0 aliphatic carbocycles. The Morgan fingerprint density at radius 2 is 2.15 bits per heavy atom. The Bertz CT molecular complexity index is 861. The Labute approximate surface area is 151 Å². The number of ether oxygens (including phenoxy) is 1. The highest BCUT2D eigenvalue weighted by atomic mass is 16.6. The monoisotopic (exact) mass is 351 g/mol. The number of benzene rings is 1. The van der Waals surface area contributed by atoms with E-state index in [9.17, 15) is 4.79 Å². The van der Waals surface area contributed by atoms with E-state index < -0.39 is 12.2 Å². The summed E-state index contributed by atoms with van der Waals surface area (Å²) in [5.41, 5.74) is 3.57. The molecule has 0 radical (unpaired) electrons. The maximum Gasteiger partial charge on any atom is 0.413 e. The number of amides is 1. The quantitative estimate of drug-likeness (QED) is 0.635. The molecular weight excluding hydrogens is 330 g/mol. The second-order valence-electron chi connectivity index (χ2n) is 6.55. The third-order valence-electron chi connectivity index (χ3n) is 4.79. The van der Waals surface area contributed by atoms with Gasteiger partial charge in [0, 0.05) is 41.2 Å². The molecule has 2 atom stereocenters. The first-order valence-corrected chi connectivity index (χ1v) is 8.75. The molecule has 1 fully saturated rings. The zero-order valence-corrected chi connectivity index (χ0v) is 14.5. The molecule has 2 aromatic rings. The maximum atomic E-state index is 11.6. The van der Waals surface area contributed by atoms with Gasteiger partial charge >= 0.3 is 6.09 Å². The van der Waals surface area contributed by atoms with E-state index in [1.165, 1.54) is 0 Å². The molecule has 1 amide bonds. The number of pyridine rings is 1. The molecule has 7 heteroatoms. The van der Waals surface area contributed by atoms with Gasteiger partial charge in [0.1, 0.15) is 11.9 Å². The fourth-order valence-electron chi connectivity index (χ4n) is 3.52. The fourth-order valence-corrected chi connectivity index (χ4v) is 3.52. The number of hydrogen-bond donors (Lipinski definition) is 4. The van der Waals surface area contributed by atoms with Crippen molar-refractivity contribution >= 4 is 23.3 Å². The van der Waals surface area contributed by atoms with Gasteiger partial charge in [-0.25, -0.2) is 9.78 Å². The summed E-state index contributed by atoms with van der Waals surface area (Å²) < 4.78 is 5.27. The standard InChI is InChI=1S/C19H21N5O2/c1-11-16-14(7-9-22-18(16)24-19(25)26-11)17(20)13-4-2-3-5-15(13)23-12-6-8-21-10-12/h2-5,7,9,11-12,20-21,23H,6,8,10H2,1H3,(H,22,24,25).